The molecule has 21 heavy (non-hydrogen) atoms. The lowest BCUT2D eigenvalue weighted by atomic mass is 10.0. The van der Waals surface area contributed by atoms with Crippen molar-refractivity contribution >= 4 is 16.7 Å². The highest BCUT2D eigenvalue weighted by atomic mass is 16.2. The molecule has 0 unspecified atom stereocenters. The van der Waals surface area contributed by atoms with Gasteiger partial charge in [-0.3, -0.25) is 4.79 Å². The van der Waals surface area contributed by atoms with Crippen molar-refractivity contribution in [2.75, 3.05) is 33.2 Å². The Labute approximate surface area is 125 Å². The van der Waals surface area contributed by atoms with E-state index in [4.69, 9.17) is 5.73 Å². The van der Waals surface area contributed by atoms with Crippen molar-refractivity contribution in [1.29, 1.82) is 0 Å². The highest BCUT2D eigenvalue weighted by Gasteiger charge is 2.20. The minimum absolute atomic E-state index is 0.122. The van der Waals surface area contributed by atoms with Crippen LogP contribution in [0.5, 0.6) is 0 Å². The van der Waals surface area contributed by atoms with E-state index < -0.39 is 0 Å². The van der Waals surface area contributed by atoms with Gasteiger partial charge in [-0.05, 0) is 35.5 Å². The van der Waals surface area contributed by atoms with Crippen LogP contribution in [0.3, 0.4) is 0 Å². The topological polar surface area (TPSA) is 49.6 Å². The average Bonchev–Trinajstić information content (AvgIpc) is 2.53. The molecule has 4 nitrogen and oxygen atoms in total. The summed E-state index contributed by atoms with van der Waals surface area (Å²) in [5.41, 5.74) is 7.64. The van der Waals surface area contributed by atoms with Gasteiger partial charge in [-0.15, -0.1) is 0 Å². The summed E-state index contributed by atoms with van der Waals surface area (Å²) in [6.07, 6.45) is 0. The Morgan fingerprint density at radius 3 is 2.62 bits per heavy atom. The van der Waals surface area contributed by atoms with Gasteiger partial charge in [-0.1, -0.05) is 24.3 Å². The highest BCUT2D eigenvalue weighted by Crippen LogP contribution is 2.21. The van der Waals surface area contributed by atoms with Crippen LogP contribution in [0.25, 0.3) is 10.8 Å². The lowest BCUT2D eigenvalue weighted by molar-refractivity contribution is 0.0664. The maximum Gasteiger partial charge on any atom is 0.253 e. The van der Waals surface area contributed by atoms with Crippen molar-refractivity contribution in [3.05, 3.63) is 47.5 Å². The number of hydrogen-bond acceptors (Lipinski definition) is 3. The number of amides is 1. The van der Waals surface area contributed by atoms with Crippen LogP contribution < -0.4 is 5.73 Å². The summed E-state index contributed by atoms with van der Waals surface area (Å²) in [4.78, 5) is 16.8. The molecule has 1 heterocycles. The number of fused-ring (bicyclic) bond motifs is 1. The summed E-state index contributed by atoms with van der Waals surface area (Å²) in [6, 6.07) is 12.0. The number of carbonyl (C=O) groups excluding carboxylic acids is 1. The van der Waals surface area contributed by atoms with E-state index in [1.165, 1.54) is 0 Å². The molecule has 2 aromatic carbocycles. The molecule has 3 rings (SSSR count). The van der Waals surface area contributed by atoms with Crippen molar-refractivity contribution in [2.45, 2.75) is 6.54 Å². The summed E-state index contributed by atoms with van der Waals surface area (Å²) in [7, 11) is 2.09. The van der Waals surface area contributed by atoms with Gasteiger partial charge in [0.15, 0.2) is 0 Å². The summed E-state index contributed by atoms with van der Waals surface area (Å²) in [6.45, 7) is 3.96. The third-order valence-electron chi connectivity index (χ3n) is 4.23. The monoisotopic (exact) mass is 283 g/mol. The smallest absolute Gasteiger partial charge is 0.253 e. The summed E-state index contributed by atoms with van der Waals surface area (Å²) in [5, 5.41) is 2.22. The van der Waals surface area contributed by atoms with Crippen molar-refractivity contribution < 1.29 is 4.79 Å². The van der Waals surface area contributed by atoms with E-state index in [1.807, 2.05) is 35.2 Å². The lowest BCUT2D eigenvalue weighted by Crippen LogP contribution is -2.47. The van der Waals surface area contributed by atoms with Gasteiger partial charge in [-0.25, -0.2) is 0 Å². The fourth-order valence-corrected chi connectivity index (χ4v) is 2.84. The van der Waals surface area contributed by atoms with Gasteiger partial charge in [0.2, 0.25) is 0 Å². The first-order valence-corrected chi connectivity index (χ1v) is 7.38. The second-order valence-corrected chi connectivity index (χ2v) is 5.65. The minimum Gasteiger partial charge on any atom is -0.336 e. The van der Waals surface area contributed by atoms with Crippen molar-refractivity contribution in [3.8, 4) is 0 Å². The van der Waals surface area contributed by atoms with Gasteiger partial charge >= 0.3 is 0 Å². The van der Waals surface area contributed by atoms with Crippen LogP contribution in [-0.2, 0) is 6.54 Å². The van der Waals surface area contributed by atoms with E-state index in [0.29, 0.717) is 6.54 Å². The first-order valence-electron chi connectivity index (χ1n) is 7.38. The Bertz CT molecular complexity index is 660. The van der Waals surface area contributed by atoms with Gasteiger partial charge < -0.3 is 15.5 Å². The van der Waals surface area contributed by atoms with Crippen molar-refractivity contribution in [2.24, 2.45) is 5.73 Å². The van der Waals surface area contributed by atoms with E-state index in [0.717, 1.165) is 48.1 Å². The Kier molecular flexibility index (Phi) is 3.90. The molecule has 1 aliphatic heterocycles. The Morgan fingerprint density at radius 1 is 1.14 bits per heavy atom. The maximum atomic E-state index is 12.6. The first kappa shape index (κ1) is 14.0. The van der Waals surface area contributed by atoms with Gasteiger partial charge in [0.1, 0.15) is 0 Å². The van der Waals surface area contributed by atoms with Gasteiger partial charge in [0.25, 0.3) is 5.91 Å². The van der Waals surface area contributed by atoms with Crippen LogP contribution in [0.2, 0.25) is 0 Å². The average molecular weight is 283 g/mol. The summed E-state index contributed by atoms with van der Waals surface area (Å²) in [5.74, 6) is 0.122. The molecule has 110 valence electrons. The number of carbonyl (C=O) groups is 1. The Hall–Kier alpha value is -1.91. The van der Waals surface area contributed by atoms with Gasteiger partial charge in [0, 0.05) is 38.3 Å². The second-order valence-electron chi connectivity index (χ2n) is 5.65. The highest BCUT2D eigenvalue weighted by molar-refractivity contribution is 5.99. The predicted molar refractivity (Wildman–Crippen MR) is 85.2 cm³/mol. The second kappa shape index (κ2) is 5.84. The number of hydrogen-bond donors (Lipinski definition) is 1. The van der Waals surface area contributed by atoms with E-state index in [9.17, 15) is 4.79 Å². The van der Waals surface area contributed by atoms with E-state index >= 15 is 0 Å². The third kappa shape index (κ3) is 2.77. The SMILES string of the molecule is CN1CCN(C(=O)c2ccc3cccc(CN)c3c2)CC1. The number of nitrogens with two attached hydrogens (primary N) is 1. The molecule has 0 saturated carbocycles. The molecule has 1 fully saturated rings. The summed E-state index contributed by atoms with van der Waals surface area (Å²) >= 11 is 0. The van der Waals surface area contributed by atoms with Crippen molar-refractivity contribution in [3.63, 3.8) is 0 Å². The number of nitrogens with zero attached hydrogens (tertiary/aromatic N) is 2. The minimum atomic E-state index is 0.122. The zero-order chi connectivity index (χ0) is 14.8. The Morgan fingerprint density at radius 2 is 1.90 bits per heavy atom. The van der Waals surface area contributed by atoms with Gasteiger partial charge in [0.05, 0.1) is 0 Å². The molecular weight excluding hydrogens is 262 g/mol. The molecule has 4 heteroatoms. The Balaban J connectivity index is 1.91. The molecule has 2 aromatic rings. The quantitative estimate of drug-likeness (QED) is 0.912. The molecule has 0 radical (unpaired) electrons. The molecule has 0 atom stereocenters. The fourth-order valence-electron chi connectivity index (χ4n) is 2.84. The fraction of sp³-hybridized carbons (Fsp3) is 0.353. The van der Waals surface area contributed by atoms with Crippen LogP contribution in [0.4, 0.5) is 0 Å². The molecule has 1 saturated heterocycles. The standard InChI is InChI=1S/C17H21N3O/c1-19-7-9-20(10-8-19)17(21)14-6-5-13-3-2-4-15(12-18)16(13)11-14/h2-6,11H,7-10,12,18H2,1H3. The molecule has 1 aliphatic rings. The molecule has 0 aromatic heterocycles. The first-order chi connectivity index (χ1) is 10.2. The van der Waals surface area contributed by atoms with Crippen molar-refractivity contribution in [1.82, 2.24) is 9.80 Å². The molecule has 0 spiro atoms. The zero-order valence-corrected chi connectivity index (χ0v) is 12.4. The normalized spacial score (nSPS) is 16.4. The number of rotatable bonds is 2. The molecule has 0 bridgehead atoms. The molecule has 1 amide bonds. The van der Waals surface area contributed by atoms with E-state index in [1.54, 1.807) is 0 Å². The molecule has 0 aliphatic carbocycles. The van der Waals surface area contributed by atoms with E-state index in [-0.39, 0.29) is 5.91 Å². The number of piperazine rings is 1. The van der Waals surface area contributed by atoms with Crippen LogP contribution in [0.1, 0.15) is 15.9 Å². The number of likely N-dealkylation sites (N-methyl/N-ethyl adjacent to an activating group) is 1. The lowest BCUT2D eigenvalue weighted by Gasteiger charge is -2.32. The molecular formula is C17H21N3O. The summed E-state index contributed by atoms with van der Waals surface area (Å²) < 4.78 is 0. The van der Waals surface area contributed by atoms with E-state index in [2.05, 4.69) is 18.0 Å². The molecule has 2 N–H and O–H groups in total. The third-order valence-corrected chi connectivity index (χ3v) is 4.23. The zero-order valence-electron chi connectivity index (χ0n) is 12.4. The largest absolute Gasteiger partial charge is 0.336 e. The van der Waals surface area contributed by atoms with Crippen LogP contribution in [-0.4, -0.2) is 48.9 Å². The van der Waals surface area contributed by atoms with Crippen LogP contribution in [0.15, 0.2) is 36.4 Å². The van der Waals surface area contributed by atoms with Crippen LogP contribution in [0, 0.1) is 0 Å². The number of benzene rings is 2. The van der Waals surface area contributed by atoms with Gasteiger partial charge in [-0.2, -0.15) is 0 Å². The maximum absolute atomic E-state index is 12.6. The van der Waals surface area contributed by atoms with Crippen LogP contribution >= 0.6 is 0 Å². The predicted octanol–water partition coefficient (Wildman–Crippen LogP) is 1.69.